The smallest absolute Gasteiger partial charge is 0.260 e. The number of hydrogen-bond acceptors (Lipinski definition) is 7. The van der Waals surface area contributed by atoms with Crippen molar-refractivity contribution in [3.8, 4) is 0 Å². The van der Waals surface area contributed by atoms with Gasteiger partial charge >= 0.3 is 0 Å². The Balaban J connectivity index is 2.05. The molecule has 1 unspecified atom stereocenters. The fourth-order valence-corrected chi connectivity index (χ4v) is 4.19. The van der Waals surface area contributed by atoms with Gasteiger partial charge in [-0.15, -0.1) is 11.3 Å². The fourth-order valence-electron chi connectivity index (χ4n) is 2.85. The molecule has 0 spiro atoms. The zero-order valence-corrected chi connectivity index (χ0v) is 16.7. The highest BCUT2D eigenvalue weighted by molar-refractivity contribution is 7.21. The Morgan fingerprint density at radius 2 is 2.15 bits per heavy atom. The molecule has 144 valence electrons. The summed E-state index contributed by atoms with van der Waals surface area (Å²) in [6.45, 7) is 0.747. The summed E-state index contributed by atoms with van der Waals surface area (Å²) in [5.74, 6) is -0.321. The summed E-state index contributed by atoms with van der Waals surface area (Å²) in [5.41, 5.74) is 12.6. The summed E-state index contributed by atoms with van der Waals surface area (Å²) < 4.78 is 0. The molecule has 6 N–H and O–H groups in total. The summed E-state index contributed by atoms with van der Waals surface area (Å²) >= 11 is 13.4. The van der Waals surface area contributed by atoms with Gasteiger partial charge in [-0.05, 0) is 25.3 Å². The molecule has 1 amide bonds. The van der Waals surface area contributed by atoms with Crippen LogP contribution in [0.15, 0.2) is 22.2 Å². The average molecular weight is 428 g/mol. The third-order valence-corrected chi connectivity index (χ3v) is 6.12. The van der Waals surface area contributed by atoms with Crippen molar-refractivity contribution in [2.75, 3.05) is 24.2 Å². The van der Waals surface area contributed by atoms with Crippen LogP contribution < -0.4 is 16.8 Å². The Hall–Kier alpha value is -1.87. The van der Waals surface area contributed by atoms with Crippen molar-refractivity contribution >= 4 is 62.3 Å². The zero-order chi connectivity index (χ0) is 19.6. The monoisotopic (exact) mass is 427 g/mol. The lowest BCUT2D eigenvalue weighted by Gasteiger charge is -2.18. The lowest BCUT2D eigenvalue weighted by Crippen LogP contribution is -2.12. The van der Waals surface area contributed by atoms with Crippen LogP contribution in [0.25, 0.3) is 10.2 Å². The number of carbonyl (C=O) groups excluding carboxylic acids is 1. The summed E-state index contributed by atoms with van der Waals surface area (Å²) in [4.78, 5) is 21.7. The summed E-state index contributed by atoms with van der Waals surface area (Å²) in [6.07, 6.45) is 5.59. The number of aliphatic hydroxyl groups is 1. The van der Waals surface area contributed by atoms with Gasteiger partial charge in [0.05, 0.1) is 21.8 Å². The third-order valence-electron chi connectivity index (χ3n) is 4.19. The number of hydrogen-bond donors (Lipinski definition) is 4. The van der Waals surface area contributed by atoms with Gasteiger partial charge in [0.15, 0.2) is 0 Å². The van der Waals surface area contributed by atoms with E-state index < -0.39 is 5.91 Å². The maximum absolute atomic E-state index is 11.7. The number of rotatable bonds is 7. The number of thiophene rings is 1. The molecule has 1 atom stereocenters. The molecular formula is C17H19Cl2N5O2S. The number of nitrogens with zero attached hydrogens (tertiary/aromatic N) is 2. The number of halogens is 2. The minimum absolute atomic E-state index is 0.134. The molecule has 2 aromatic rings. The summed E-state index contributed by atoms with van der Waals surface area (Å²) in [6, 6.07) is 0. The Labute approximate surface area is 170 Å². The van der Waals surface area contributed by atoms with Crippen LogP contribution in [0.2, 0.25) is 0 Å². The lowest BCUT2D eigenvalue weighted by atomic mass is 9.94. The van der Waals surface area contributed by atoms with Crippen molar-refractivity contribution in [2.24, 2.45) is 5.73 Å². The van der Waals surface area contributed by atoms with Gasteiger partial charge in [-0.25, -0.2) is 9.97 Å². The van der Waals surface area contributed by atoms with Crippen molar-refractivity contribution in [3.05, 3.63) is 32.8 Å². The number of carbonyl (C=O) groups is 1. The second-order valence-electron chi connectivity index (χ2n) is 6.10. The van der Waals surface area contributed by atoms with Gasteiger partial charge in [-0.3, -0.25) is 4.79 Å². The summed E-state index contributed by atoms with van der Waals surface area (Å²) in [7, 11) is 0. The third kappa shape index (κ3) is 4.19. The lowest BCUT2D eigenvalue weighted by molar-refractivity contribution is 0.100. The van der Waals surface area contributed by atoms with Gasteiger partial charge in [0.25, 0.3) is 5.91 Å². The first-order chi connectivity index (χ1) is 12.9. The Morgan fingerprint density at radius 3 is 2.81 bits per heavy atom. The molecule has 1 aliphatic rings. The van der Waals surface area contributed by atoms with Gasteiger partial charge in [0.1, 0.15) is 9.71 Å². The number of aromatic nitrogens is 2. The van der Waals surface area contributed by atoms with Crippen molar-refractivity contribution < 1.29 is 9.90 Å². The topological polar surface area (TPSA) is 127 Å². The quantitative estimate of drug-likeness (QED) is 0.501. The largest absolute Gasteiger partial charge is 0.397 e. The number of nitrogens with one attached hydrogen (secondary N) is 1. The maximum atomic E-state index is 11.7. The molecule has 0 radical (unpaired) electrons. The van der Waals surface area contributed by atoms with Crippen LogP contribution in [0.5, 0.6) is 0 Å². The Kier molecular flexibility index (Phi) is 6.21. The maximum Gasteiger partial charge on any atom is 0.260 e. The number of anilines is 2. The SMILES string of the molecule is NC(=O)c1sc2nc(NCCCCO)nc(C3C=CC(Cl)=C(Cl)C3)c2c1N. The van der Waals surface area contributed by atoms with Gasteiger partial charge in [-0.1, -0.05) is 29.3 Å². The van der Waals surface area contributed by atoms with Gasteiger partial charge in [0.2, 0.25) is 5.95 Å². The van der Waals surface area contributed by atoms with Crippen molar-refractivity contribution in [1.29, 1.82) is 0 Å². The van der Waals surface area contributed by atoms with Crippen LogP contribution in [0.1, 0.15) is 40.5 Å². The van der Waals surface area contributed by atoms with Crippen molar-refractivity contribution in [2.45, 2.75) is 25.2 Å². The van der Waals surface area contributed by atoms with E-state index in [1.54, 1.807) is 6.08 Å². The van der Waals surface area contributed by atoms with Crippen LogP contribution in [-0.4, -0.2) is 34.1 Å². The molecule has 10 heteroatoms. The van der Waals surface area contributed by atoms with E-state index in [0.717, 1.165) is 17.8 Å². The first-order valence-electron chi connectivity index (χ1n) is 8.39. The average Bonchev–Trinajstić information content (AvgIpc) is 2.97. The normalized spacial score (nSPS) is 16.9. The number of nitrogens with two attached hydrogens (primary N) is 2. The number of fused-ring (bicyclic) bond motifs is 1. The summed E-state index contributed by atoms with van der Waals surface area (Å²) in [5, 5.41) is 13.7. The molecular weight excluding hydrogens is 409 g/mol. The van der Waals surface area contributed by atoms with E-state index in [-0.39, 0.29) is 23.1 Å². The molecule has 2 aromatic heterocycles. The van der Waals surface area contributed by atoms with Gasteiger partial charge in [0, 0.05) is 24.1 Å². The number of unbranched alkanes of at least 4 members (excludes halogenated alkanes) is 1. The number of nitrogen functional groups attached to an aromatic ring is 1. The molecule has 0 bridgehead atoms. The van der Waals surface area contributed by atoms with Crippen LogP contribution in [0.3, 0.4) is 0 Å². The molecule has 0 saturated heterocycles. The predicted molar refractivity (Wildman–Crippen MR) is 110 cm³/mol. The first-order valence-corrected chi connectivity index (χ1v) is 9.96. The van der Waals surface area contributed by atoms with Crippen LogP contribution >= 0.6 is 34.5 Å². The van der Waals surface area contributed by atoms with E-state index in [2.05, 4.69) is 15.3 Å². The van der Waals surface area contributed by atoms with Gasteiger partial charge in [-0.2, -0.15) is 0 Å². The Morgan fingerprint density at radius 1 is 1.37 bits per heavy atom. The number of primary amides is 1. The number of amides is 1. The van der Waals surface area contributed by atoms with E-state index in [9.17, 15) is 4.79 Å². The number of allylic oxidation sites excluding steroid dienone is 4. The molecule has 0 aromatic carbocycles. The molecule has 7 nitrogen and oxygen atoms in total. The van der Waals surface area contributed by atoms with Crippen molar-refractivity contribution in [3.63, 3.8) is 0 Å². The van der Waals surface area contributed by atoms with Crippen LogP contribution in [-0.2, 0) is 0 Å². The molecule has 1 aliphatic carbocycles. The highest BCUT2D eigenvalue weighted by atomic mass is 35.5. The fraction of sp³-hybridized carbons (Fsp3) is 0.353. The van der Waals surface area contributed by atoms with Crippen LogP contribution in [0, 0.1) is 0 Å². The van der Waals surface area contributed by atoms with E-state index in [4.69, 9.17) is 39.8 Å². The molecule has 27 heavy (non-hydrogen) atoms. The highest BCUT2D eigenvalue weighted by Gasteiger charge is 2.25. The Bertz CT molecular complexity index is 941. The van der Waals surface area contributed by atoms with Crippen LogP contribution in [0.4, 0.5) is 11.6 Å². The second kappa shape index (κ2) is 8.43. The van der Waals surface area contributed by atoms with E-state index in [1.807, 2.05) is 6.08 Å². The van der Waals surface area contributed by atoms with E-state index in [0.29, 0.717) is 51.3 Å². The molecule has 0 saturated carbocycles. The molecule has 3 rings (SSSR count). The minimum atomic E-state index is -0.598. The van der Waals surface area contributed by atoms with E-state index in [1.165, 1.54) is 0 Å². The molecule has 0 fully saturated rings. The molecule has 2 heterocycles. The van der Waals surface area contributed by atoms with Crippen molar-refractivity contribution in [1.82, 2.24) is 9.97 Å². The van der Waals surface area contributed by atoms with Gasteiger partial charge < -0.3 is 21.9 Å². The predicted octanol–water partition coefficient (Wildman–Crippen LogP) is 3.29. The standard InChI is InChI=1S/C17H19Cl2N5O2S/c18-9-4-3-8(7-10(9)19)13-11-12(20)14(15(21)26)27-16(11)24-17(23-13)22-5-1-2-6-25/h3-4,8,25H,1-2,5-7,20H2,(H2,21,26)(H,22,23,24). The first kappa shape index (κ1) is 19.9. The molecule has 0 aliphatic heterocycles. The highest BCUT2D eigenvalue weighted by Crippen LogP contribution is 2.41. The zero-order valence-electron chi connectivity index (χ0n) is 14.3. The van der Waals surface area contributed by atoms with E-state index >= 15 is 0 Å². The number of aliphatic hydroxyl groups excluding tert-OH is 1. The minimum Gasteiger partial charge on any atom is -0.397 e. The second-order valence-corrected chi connectivity index (χ2v) is 7.96.